The molecule has 5 heteroatoms. The van der Waals surface area contributed by atoms with Crippen molar-refractivity contribution in [2.45, 2.75) is 20.4 Å². The fourth-order valence-corrected chi connectivity index (χ4v) is 2.18. The molecule has 0 unspecified atom stereocenters. The van der Waals surface area contributed by atoms with Gasteiger partial charge in [0.15, 0.2) is 5.69 Å². The van der Waals surface area contributed by atoms with E-state index >= 15 is 0 Å². The van der Waals surface area contributed by atoms with Gasteiger partial charge in [-0.3, -0.25) is 9.69 Å². The maximum Gasteiger partial charge on any atom is 0.273 e. The zero-order valence-corrected chi connectivity index (χ0v) is 12.1. The fraction of sp³-hybridized carbons (Fsp3) is 0.643. The Morgan fingerprint density at radius 2 is 2.05 bits per heavy atom. The van der Waals surface area contributed by atoms with Crippen LogP contribution in [-0.4, -0.2) is 53.1 Å². The number of hydrogen-bond donors (Lipinski definition) is 0. The minimum absolute atomic E-state index is 0.108. The number of carbonyl (C=O) groups excluding carboxylic acids is 1. The molecule has 1 aromatic rings. The molecule has 2 rings (SSSR count). The molecule has 19 heavy (non-hydrogen) atoms. The third-order valence-corrected chi connectivity index (χ3v) is 3.66. The molecule has 0 radical (unpaired) electrons. The summed E-state index contributed by atoms with van der Waals surface area (Å²) in [4.78, 5) is 15.5. The number of hydrogen-bond acceptors (Lipinski definition) is 4. The van der Waals surface area contributed by atoms with E-state index in [4.69, 9.17) is 0 Å². The van der Waals surface area contributed by atoms with Crippen LogP contribution in [-0.2, 0) is 6.54 Å². The van der Waals surface area contributed by atoms with E-state index < -0.39 is 0 Å². The molecule has 1 amide bonds. The fourth-order valence-electron chi connectivity index (χ4n) is 2.18. The van der Waals surface area contributed by atoms with Crippen LogP contribution in [0.1, 0.15) is 30.0 Å². The van der Waals surface area contributed by atoms with Crippen molar-refractivity contribution in [3.8, 4) is 0 Å². The van der Waals surface area contributed by atoms with E-state index in [0.29, 0.717) is 5.69 Å². The Balaban J connectivity index is 1.88. The van der Waals surface area contributed by atoms with Crippen molar-refractivity contribution in [2.75, 3.05) is 27.2 Å². The third kappa shape index (κ3) is 3.29. The van der Waals surface area contributed by atoms with Crippen LogP contribution in [0.25, 0.3) is 0 Å². The van der Waals surface area contributed by atoms with Gasteiger partial charge in [-0.1, -0.05) is 13.8 Å². The lowest BCUT2D eigenvalue weighted by molar-refractivity contribution is 0.0600. The topological polar surface area (TPSA) is 49.3 Å². The van der Waals surface area contributed by atoms with Crippen LogP contribution in [0.4, 0.5) is 0 Å². The van der Waals surface area contributed by atoms with Crippen molar-refractivity contribution in [3.63, 3.8) is 0 Å². The zero-order valence-electron chi connectivity index (χ0n) is 12.1. The van der Waals surface area contributed by atoms with Gasteiger partial charge in [0.25, 0.3) is 5.91 Å². The highest BCUT2D eigenvalue weighted by Crippen LogP contribution is 2.24. The van der Waals surface area contributed by atoms with Gasteiger partial charge in [0.1, 0.15) is 0 Å². The van der Waals surface area contributed by atoms with Crippen molar-refractivity contribution in [3.05, 3.63) is 23.5 Å². The second-order valence-electron chi connectivity index (χ2n) is 5.81. The summed E-state index contributed by atoms with van der Waals surface area (Å²) in [6.45, 7) is 7.63. The summed E-state index contributed by atoms with van der Waals surface area (Å²) in [6.07, 6.45) is 0. The van der Waals surface area contributed by atoms with Gasteiger partial charge in [-0.15, -0.1) is 5.10 Å². The lowest BCUT2D eigenvalue weighted by atomic mass is 9.88. The molecule has 1 fully saturated rings. The van der Waals surface area contributed by atoms with Crippen LogP contribution >= 0.6 is 0 Å². The van der Waals surface area contributed by atoms with Gasteiger partial charge in [-0.25, -0.2) is 0 Å². The number of amides is 1. The molecule has 2 heterocycles. The van der Waals surface area contributed by atoms with E-state index in [0.717, 1.165) is 37.2 Å². The monoisotopic (exact) mass is 262 g/mol. The lowest BCUT2D eigenvalue weighted by Gasteiger charge is -2.41. The highest BCUT2D eigenvalue weighted by molar-refractivity contribution is 5.91. The SMILES string of the molecule is CC(C)C1CN(Cc2ccc(C(=O)N(C)C)nn2)C1. The van der Waals surface area contributed by atoms with Crippen molar-refractivity contribution >= 4 is 5.91 Å². The van der Waals surface area contributed by atoms with Crippen LogP contribution < -0.4 is 0 Å². The molecule has 1 aliphatic rings. The first-order chi connectivity index (χ1) is 8.97. The molecular weight excluding hydrogens is 240 g/mol. The second kappa shape index (κ2) is 5.65. The highest BCUT2D eigenvalue weighted by atomic mass is 16.2. The molecule has 0 saturated carbocycles. The summed E-state index contributed by atoms with van der Waals surface area (Å²) in [6, 6.07) is 3.65. The Morgan fingerprint density at radius 1 is 1.37 bits per heavy atom. The van der Waals surface area contributed by atoms with E-state index in [2.05, 4.69) is 28.9 Å². The molecule has 1 saturated heterocycles. The van der Waals surface area contributed by atoms with Crippen molar-refractivity contribution in [1.82, 2.24) is 20.0 Å². The van der Waals surface area contributed by atoms with Crippen LogP contribution in [0.5, 0.6) is 0 Å². The van der Waals surface area contributed by atoms with Crippen LogP contribution in [0.15, 0.2) is 12.1 Å². The average molecular weight is 262 g/mol. The Hall–Kier alpha value is -1.49. The molecule has 104 valence electrons. The Labute approximate surface area is 114 Å². The average Bonchev–Trinajstić information content (AvgIpc) is 2.32. The first-order valence-corrected chi connectivity index (χ1v) is 6.74. The molecule has 1 aliphatic heterocycles. The number of nitrogens with zero attached hydrogens (tertiary/aromatic N) is 4. The molecule has 0 N–H and O–H groups in total. The number of likely N-dealkylation sites (tertiary alicyclic amines) is 1. The summed E-state index contributed by atoms with van der Waals surface area (Å²) in [5.74, 6) is 1.45. The summed E-state index contributed by atoms with van der Waals surface area (Å²) in [5, 5.41) is 8.13. The quantitative estimate of drug-likeness (QED) is 0.820. The van der Waals surface area contributed by atoms with Crippen LogP contribution in [0.3, 0.4) is 0 Å². The second-order valence-corrected chi connectivity index (χ2v) is 5.81. The van der Waals surface area contributed by atoms with Crippen molar-refractivity contribution in [2.24, 2.45) is 11.8 Å². The van der Waals surface area contributed by atoms with E-state index in [1.807, 2.05) is 6.07 Å². The van der Waals surface area contributed by atoms with Crippen LogP contribution in [0, 0.1) is 11.8 Å². The van der Waals surface area contributed by atoms with E-state index in [-0.39, 0.29) is 5.91 Å². The van der Waals surface area contributed by atoms with Gasteiger partial charge < -0.3 is 4.90 Å². The lowest BCUT2D eigenvalue weighted by Crippen LogP contribution is -2.48. The van der Waals surface area contributed by atoms with Gasteiger partial charge in [0.05, 0.1) is 5.69 Å². The van der Waals surface area contributed by atoms with E-state index in [9.17, 15) is 4.79 Å². The smallest absolute Gasteiger partial charge is 0.273 e. The van der Waals surface area contributed by atoms with Crippen molar-refractivity contribution < 1.29 is 4.79 Å². The molecule has 5 nitrogen and oxygen atoms in total. The van der Waals surface area contributed by atoms with Gasteiger partial charge in [-0.2, -0.15) is 5.10 Å². The minimum Gasteiger partial charge on any atom is -0.343 e. The molecule has 1 aromatic heterocycles. The molecule has 0 spiro atoms. The molecule has 0 aliphatic carbocycles. The summed E-state index contributed by atoms with van der Waals surface area (Å²) in [5.41, 5.74) is 1.33. The third-order valence-electron chi connectivity index (χ3n) is 3.66. The normalized spacial score (nSPS) is 16.5. The number of carbonyl (C=O) groups is 1. The van der Waals surface area contributed by atoms with Crippen molar-refractivity contribution in [1.29, 1.82) is 0 Å². The number of rotatable bonds is 4. The van der Waals surface area contributed by atoms with Gasteiger partial charge >= 0.3 is 0 Å². The number of aromatic nitrogens is 2. The minimum atomic E-state index is -0.108. The maximum atomic E-state index is 11.7. The molecule has 0 aromatic carbocycles. The predicted octanol–water partition coefficient (Wildman–Crippen LogP) is 1.27. The first-order valence-electron chi connectivity index (χ1n) is 6.74. The molecule has 0 atom stereocenters. The predicted molar refractivity (Wildman–Crippen MR) is 73.7 cm³/mol. The Kier molecular flexibility index (Phi) is 4.14. The van der Waals surface area contributed by atoms with E-state index in [1.54, 1.807) is 20.2 Å². The van der Waals surface area contributed by atoms with Gasteiger partial charge in [-0.05, 0) is 24.0 Å². The van der Waals surface area contributed by atoms with Crippen LogP contribution in [0.2, 0.25) is 0 Å². The maximum absolute atomic E-state index is 11.7. The standard InChI is InChI=1S/C14H22N4O/c1-10(2)11-7-18(8-11)9-12-5-6-13(16-15-12)14(19)17(3)4/h5-6,10-11H,7-9H2,1-4H3. The Morgan fingerprint density at radius 3 is 2.53 bits per heavy atom. The molecular formula is C14H22N4O. The molecule has 0 bridgehead atoms. The summed E-state index contributed by atoms with van der Waals surface area (Å²) in [7, 11) is 3.42. The summed E-state index contributed by atoms with van der Waals surface area (Å²) >= 11 is 0. The zero-order chi connectivity index (χ0) is 14.0. The Bertz CT molecular complexity index is 435. The van der Waals surface area contributed by atoms with Gasteiger partial charge in [0, 0.05) is 33.7 Å². The van der Waals surface area contributed by atoms with Gasteiger partial charge in [0.2, 0.25) is 0 Å². The highest BCUT2D eigenvalue weighted by Gasteiger charge is 2.29. The largest absolute Gasteiger partial charge is 0.343 e. The first kappa shape index (κ1) is 13.9. The summed E-state index contributed by atoms with van der Waals surface area (Å²) < 4.78 is 0. The van der Waals surface area contributed by atoms with E-state index in [1.165, 1.54) is 4.90 Å².